The zero-order chi connectivity index (χ0) is 22.9. The van der Waals surface area contributed by atoms with Gasteiger partial charge in [0.25, 0.3) is 11.8 Å². The van der Waals surface area contributed by atoms with Crippen LogP contribution in [0.1, 0.15) is 16.7 Å². The lowest BCUT2D eigenvalue weighted by Gasteiger charge is -2.27. The maximum absolute atomic E-state index is 13.1. The normalized spacial score (nSPS) is 15.3. The van der Waals surface area contributed by atoms with Gasteiger partial charge in [0, 0.05) is 0 Å². The SMILES string of the molecule is Cc1cc(C)cc(N2C(=O)NC(=O)/C(=C\c3cc(Br)c(OCC(=O)O)c(I)c3)C2=O)c1. The number of hydrogen-bond acceptors (Lipinski definition) is 5. The number of ether oxygens (including phenoxy) is 1. The molecule has 10 heteroatoms. The van der Waals surface area contributed by atoms with Gasteiger partial charge in [0.05, 0.1) is 13.7 Å². The number of rotatable bonds is 5. The number of carbonyl (C=O) groups excluding carboxylic acids is 3. The van der Waals surface area contributed by atoms with E-state index in [1.165, 1.54) is 6.08 Å². The number of imide groups is 2. The number of halogens is 2. The summed E-state index contributed by atoms with van der Waals surface area (Å²) >= 11 is 5.28. The maximum atomic E-state index is 13.1. The molecule has 0 saturated carbocycles. The highest BCUT2D eigenvalue weighted by Gasteiger charge is 2.37. The Labute approximate surface area is 199 Å². The van der Waals surface area contributed by atoms with E-state index in [-0.39, 0.29) is 5.57 Å². The van der Waals surface area contributed by atoms with E-state index in [2.05, 4.69) is 21.2 Å². The van der Waals surface area contributed by atoms with Crippen LogP contribution in [0.15, 0.2) is 40.4 Å². The Bertz CT molecular complexity index is 1120. The van der Waals surface area contributed by atoms with E-state index < -0.39 is 30.4 Å². The molecule has 2 N–H and O–H groups in total. The summed E-state index contributed by atoms with van der Waals surface area (Å²) in [5.74, 6) is -2.32. The lowest BCUT2D eigenvalue weighted by atomic mass is 10.1. The summed E-state index contributed by atoms with van der Waals surface area (Å²) in [6.07, 6.45) is 1.37. The second kappa shape index (κ2) is 9.18. The highest BCUT2D eigenvalue weighted by Crippen LogP contribution is 2.33. The van der Waals surface area contributed by atoms with Gasteiger partial charge in [-0.05, 0) is 99.4 Å². The highest BCUT2D eigenvalue weighted by molar-refractivity contribution is 14.1. The Kier molecular flexibility index (Phi) is 6.80. The van der Waals surface area contributed by atoms with Crippen molar-refractivity contribution < 1.29 is 29.0 Å². The molecule has 0 bridgehead atoms. The van der Waals surface area contributed by atoms with Crippen LogP contribution in [0, 0.1) is 17.4 Å². The number of nitrogens with one attached hydrogen (secondary N) is 1. The van der Waals surface area contributed by atoms with E-state index in [1.807, 2.05) is 42.5 Å². The predicted octanol–water partition coefficient (Wildman–Crippen LogP) is 3.80. The Morgan fingerprint density at radius 2 is 1.81 bits per heavy atom. The van der Waals surface area contributed by atoms with Gasteiger partial charge in [0.1, 0.15) is 11.3 Å². The van der Waals surface area contributed by atoms with Crippen LogP contribution in [0.5, 0.6) is 5.75 Å². The van der Waals surface area contributed by atoms with Gasteiger partial charge < -0.3 is 9.84 Å². The molecule has 160 valence electrons. The zero-order valence-electron chi connectivity index (χ0n) is 16.4. The van der Waals surface area contributed by atoms with Crippen LogP contribution in [0.25, 0.3) is 6.08 Å². The van der Waals surface area contributed by atoms with E-state index in [0.29, 0.717) is 25.0 Å². The molecule has 8 nitrogen and oxygen atoms in total. The third-order valence-electron chi connectivity index (χ3n) is 4.24. The van der Waals surface area contributed by atoms with Crippen LogP contribution in [0.3, 0.4) is 0 Å². The van der Waals surface area contributed by atoms with Crippen LogP contribution < -0.4 is 15.0 Å². The summed E-state index contributed by atoms with van der Waals surface area (Å²) in [6, 6.07) is 7.69. The van der Waals surface area contributed by atoms with Gasteiger partial charge in [0.2, 0.25) is 0 Å². The van der Waals surface area contributed by atoms with E-state index in [0.717, 1.165) is 16.0 Å². The average Bonchev–Trinajstić information content (AvgIpc) is 2.63. The highest BCUT2D eigenvalue weighted by atomic mass is 127. The molecule has 0 spiro atoms. The molecule has 0 aromatic heterocycles. The lowest BCUT2D eigenvalue weighted by Crippen LogP contribution is -2.54. The molecular weight excluding hydrogens is 583 g/mol. The molecule has 1 heterocycles. The van der Waals surface area contributed by atoms with Gasteiger partial charge in [-0.2, -0.15) is 0 Å². The number of urea groups is 1. The molecule has 0 aliphatic carbocycles. The summed E-state index contributed by atoms with van der Waals surface area (Å²) in [4.78, 5) is 49.5. The second-order valence-corrected chi connectivity index (χ2v) is 8.82. The first kappa shape index (κ1) is 22.9. The van der Waals surface area contributed by atoms with E-state index in [4.69, 9.17) is 9.84 Å². The maximum Gasteiger partial charge on any atom is 0.341 e. The molecule has 0 radical (unpaired) electrons. The van der Waals surface area contributed by atoms with Gasteiger partial charge in [0.15, 0.2) is 6.61 Å². The van der Waals surface area contributed by atoms with Gasteiger partial charge in [-0.15, -0.1) is 0 Å². The van der Waals surface area contributed by atoms with E-state index in [1.54, 1.807) is 24.3 Å². The Morgan fingerprint density at radius 1 is 1.16 bits per heavy atom. The standard InChI is InChI=1S/C21H16BrIN2O6/c1-10-3-11(2)5-13(4-10)25-20(29)14(19(28)24-21(25)30)6-12-7-15(22)18(16(23)8-12)31-9-17(26)27/h3-8H,9H2,1-2H3,(H,26,27)(H,24,28,30)/b14-6+. The fourth-order valence-electron chi connectivity index (χ4n) is 3.07. The van der Waals surface area contributed by atoms with Crippen molar-refractivity contribution in [3.63, 3.8) is 0 Å². The number of aryl methyl sites for hydroxylation is 2. The number of anilines is 1. The van der Waals surface area contributed by atoms with Crippen molar-refractivity contribution in [3.8, 4) is 5.75 Å². The summed E-state index contributed by atoms with van der Waals surface area (Å²) in [6.45, 7) is 3.18. The first-order valence-electron chi connectivity index (χ1n) is 8.90. The number of carboxylic acids is 1. The number of aliphatic carboxylic acids is 1. The summed E-state index contributed by atoms with van der Waals surface area (Å²) in [5.41, 5.74) is 2.39. The molecular formula is C21H16BrIN2O6. The fraction of sp³-hybridized carbons (Fsp3) is 0.143. The Hall–Kier alpha value is -2.73. The smallest absolute Gasteiger partial charge is 0.341 e. The van der Waals surface area contributed by atoms with Gasteiger partial charge >= 0.3 is 12.0 Å². The van der Waals surface area contributed by atoms with Crippen molar-refractivity contribution in [1.82, 2.24) is 5.32 Å². The Balaban J connectivity index is 1.99. The van der Waals surface area contributed by atoms with Gasteiger partial charge in [-0.1, -0.05) is 6.07 Å². The van der Waals surface area contributed by atoms with Crippen molar-refractivity contribution in [2.45, 2.75) is 13.8 Å². The molecule has 31 heavy (non-hydrogen) atoms. The monoisotopic (exact) mass is 598 g/mol. The lowest BCUT2D eigenvalue weighted by molar-refractivity contribution is -0.139. The van der Waals surface area contributed by atoms with Gasteiger partial charge in [-0.25, -0.2) is 14.5 Å². The number of carbonyl (C=O) groups is 4. The number of barbiturate groups is 1. The average molecular weight is 599 g/mol. The second-order valence-electron chi connectivity index (χ2n) is 6.80. The molecule has 2 aromatic rings. The molecule has 3 rings (SSSR count). The van der Waals surface area contributed by atoms with Crippen LogP contribution in [-0.4, -0.2) is 35.5 Å². The first-order chi connectivity index (χ1) is 14.6. The van der Waals surface area contributed by atoms with Crippen molar-refractivity contribution in [2.24, 2.45) is 0 Å². The zero-order valence-corrected chi connectivity index (χ0v) is 20.1. The molecule has 1 fully saturated rings. The summed E-state index contributed by atoms with van der Waals surface area (Å²) < 4.78 is 6.29. The third-order valence-corrected chi connectivity index (χ3v) is 5.63. The first-order valence-corrected chi connectivity index (χ1v) is 10.8. The van der Waals surface area contributed by atoms with Crippen LogP contribution >= 0.6 is 38.5 Å². The topological polar surface area (TPSA) is 113 Å². The fourth-order valence-corrected chi connectivity index (χ4v) is 4.84. The van der Waals surface area contributed by atoms with E-state index in [9.17, 15) is 19.2 Å². The number of nitrogens with zero attached hydrogens (tertiary/aromatic N) is 1. The number of hydrogen-bond donors (Lipinski definition) is 2. The van der Waals surface area contributed by atoms with Crippen LogP contribution in [-0.2, 0) is 14.4 Å². The minimum absolute atomic E-state index is 0.208. The molecule has 1 aliphatic rings. The Morgan fingerprint density at radius 3 is 2.39 bits per heavy atom. The van der Waals surface area contributed by atoms with Crippen LogP contribution in [0.4, 0.5) is 10.5 Å². The number of benzene rings is 2. The van der Waals surface area contributed by atoms with Crippen molar-refractivity contribution >= 4 is 74.1 Å². The number of amides is 4. The van der Waals surface area contributed by atoms with Crippen molar-refractivity contribution in [1.29, 1.82) is 0 Å². The molecule has 1 saturated heterocycles. The van der Waals surface area contributed by atoms with Gasteiger partial charge in [-0.3, -0.25) is 14.9 Å². The molecule has 2 aromatic carbocycles. The molecule has 0 unspecified atom stereocenters. The number of carboxylic acid groups (broad SMARTS) is 1. The third kappa shape index (κ3) is 5.13. The van der Waals surface area contributed by atoms with E-state index >= 15 is 0 Å². The quantitative estimate of drug-likeness (QED) is 0.308. The predicted molar refractivity (Wildman–Crippen MR) is 125 cm³/mol. The largest absolute Gasteiger partial charge is 0.480 e. The molecule has 1 aliphatic heterocycles. The molecule has 4 amide bonds. The summed E-state index contributed by atoms with van der Waals surface area (Å²) in [7, 11) is 0. The minimum atomic E-state index is -1.12. The van der Waals surface area contributed by atoms with Crippen LogP contribution in [0.2, 0.25) is 0 Å². The molecule has 0 atom stereocenters. The summed E-state index contributed by atoms with van der Waals surface area (Å²) in [5, 5.41) is 11.0. The van der Waals surface area contributed by atoms with Crippen molar-refractivity contribution in [3.05, 3.63) is 60.6 Å². The van der Waals surface area contributed by atoms with Crippen molar-refractivity contribution in [2.75, 3.05) is 11.5 Å². The minimum Gasteiger partial charge on any atom is -0.480 e.